The second-order valence-electron chi connectivity index (χ2n) is 5.93. The molecule has 0 radical (unpaired) electrons. The lowest BCUT2D eigenvalue weighted by Gasteiger charge is -2.08. The van der Waals surface area contributed by atoms with Crippen LogP contribution in [0, 0.1) is 13.8 Å². The molecule has 2 rings (SSSR count). The highest BCUT2D eigenvalue weighted by molar-refractivity contribution is 6.35. The molecular formula is C18H20Cl2N2O4. The summed E-state index contributed by atoms with van der Waals surface area (Å²) >= 11 is 11.9. The predicted molar refractivity (Wildman–Crippen MR) is 99.5 cm³/mol. The van der Waals surface area contributed by atoms with E-state index >= 15 is 0 Å². The first-order valence-electron chi connectivity index (χ1n) is 7.95. The molecule has 0 saturated heterocycles. The van der Waals surface area contributed by atoms with Gasteiger partial charge in [0.15, 0.2) is 6.61 Å². The van der Waals surface area contributed by atoms with Crippen molar-refractivity contribution in [2.45, 2.75) is 33.4 Å². The zero-order chi connectivity index (χ0) is 19.4. The molecule has 1 aromatic heterocycles. The molecule has 0 aliphatic rings. The third-order valence-electron chi connectivity index (χ3n) is 3.94. The quantitative estimate of drug-likeness (QED) is 0.649. The van der Waals surface area contributed by atoms with Gasteiger partial charge in [-0.3, -0.25) is 4.79 Å². The minimum Gasteiger partial charge on any atom is -0.451 e. The van der Waals surface area contributed by atoms with Crippen LogP contribution in [0.5, 0.6) is 0 Å². The molecular weight excluding hydrogens is 379 g/mol. The van der Waals surface area contributed by atoms with Crippen molar-refractivity contribution in [1.82, 2.24) is 10.3 Å². The normalized spacial score (nSPS) is 11.9. The van der Waals surface area contributed by atoms with Gasteiger partial charge in [-0.15, -0.1) is 0 Å². The van der Waals surface area contributed by atoms with E-state index < -0.39 is 24.6 Å². The number of aromatic amines is 1. The first-order chi connectivity index (χ1) is 12.2. The van der Waals surface area contributed by atoms with Crippen LogP contribution in [0.1, 0.15) is 45.9 Å². The van der Waals surface area contributed by atoms with Crippen LogP contribution in [0.3, 0.4) is 0 Å². The highest BCUT2D eigenvalue weighted by atomic mass is 35.5. The summed E-state index contributed by atoms with van der Waals surface area (Å²) in [4.78, 5) is 27.0. The number of carbonyl (C=O) groups is 2. The van der Waals surface area contributed by atoms with Crippen molar-refractivity contribution < 1.29 is 19.4 Å². The second-order valence-corrected chi connectivity index (χ2v) is 6.77. The van der Waals surface area contributed by atoms with E-state index in [1.165, 1.54) is 0 Å². The lowest BCUT2D eigenvalue weighted by atomic mass is 10.1. The summed E-state index contributed by atoms with van der Waals surface area (Å²) in [6.45, 7) is 4.86. The van der Waals surface area contributed by atoms with Gasteiger partial charge in [0.2, 0.25) is 0 Å². The summed E-state index contributed by atoms with van der Waals surface area (Å²) in [7, 11) is 0. The maximum atomic E-state index is 12.2. The van der Waals surface area contributed by atoms with E-state index in [2.05, 4.69) is 10.3 Å². The molecule has 140 valence electrons. The molecule has 26 heavy (non-hydrogen) atoms. The number of nitrogens with one attached hydrogen (secondary N) is 2. The Hall–Kier alpha value is -2.02. The van der Waals surface area contributed by atoms with Gasteiger partial charge < -0.3 is 20.1 Å². The van der Waals surface area contributed by atoms with E-state index in [0.717, 1.165) is 0 Å². The van der Waals surface area contributed by atoms with Crippen LogP contribution in [-0.2, 0) is 16.1 Å². The zero-order valence-electron chi connectivity index (χ0n) is 14.7. The number of rotatable bonds is 6. The maximum Gasteiger partial charge on any atom is 0.355 e. The number of aliphatic hydroxyl groups excluding tert-OH is 1. The van der Waals surface area contributed by atoms with Crippen LogP contribution in [0.25, 0.3) is 0 Å². The molecule has 6 nitrogen and oxygen atoms in total. The smallest absolute Gasteiger partial charge is 0.355 e. The average molecular weight is 399 g/mol. The Balaban J connectivity index is 1.91. The number of benzene rings is 1. The highest BCUT2D eigenvalue weighted by Crippen LogP contribution is 2.25. The maximum absolute atomic E-state index is 12.2. The number of carbonyl (C=O) groups excluding carboxylic acids is 2. The zero-order valence-corrected chi connectivity index (χ0v) is 16.2. The molecule has 1 heterocycles. The van der Waals surface area contributed by atoms with Crippen LogP contribution in [0.4, 0.5) is 0 Å². The third-order valence-corrected chi connectivity index (χ3v) is 4.53. The lowest BCUT2D eigenvalue weighted by Crippen LogP contribution is -2.28. The Morgan fingerprint density at radius 3 is 2.58 bits per heavy atom. The van der Waals surface area contributed by atoms with Gasteiger partial charge in [-0.2, -0.15) is 0 Å². The van der Waals surface area contributed by atoms with E-state index in [4.69, 9.17) is 27.9 Å². The minimum atomic E-state index is -0.708. The van der Waals surface area contributed by atoms with Crippen LogP contribution >= 0.6 is 23.2 Å². The van der Waals surface area contributed by atoms with Gasteiger partial charge in [0.05, 0.1) is 6.10 Å². The van der Waals surface area contributed by atoms with Crippen molar-refractivity contribution in [1.29, 1.82) is 0 Å². The van der Waals surface area contributed by atoms with Crippen molar-refractivity contribution in [2.24, 2.45) is 0 Å². The van der Waals surface area contributed by atoms with Crippen LogP contribution in [-0.4, -0.2) is 28.6 Å². The van der Waals surface area contributed by atoms with Crippen molar-refractivity contribution in [3.63, 3.8) is 0 Å². The molecule has 1 atom stereocenters. The number of ether oxygens (including phenoxy) is 1. The van der Waals surface area contributed by atoms with Gasteiger partial charge in [-0.1, -0.05) is 29.3 Å². The van der Waals surface area contributed by atoms with Crippen LogP contribution in [0.2, 0.25) is 10.0 Å². The molecule has 0 unspecified atom stereocenters. The van der Waals surface area contributed by atoms with Crippen LogP contribution < -0.4 is 5.32 Å². The first-order valence-corrected chi connectivity index (χ1v) is 8.71. The molecule has 0 aliphatic heterocycles. The Morgan fingerprint density at radius 2 is 2.00 bits per heavy atom. The average Bonchev–Trinajstić information content (AvgIpc) is 2.86. The molecule has 0 fully saturated rings. The van der Waals surface area contributed by atoms with Gasteiger partial charge in [-0.25, -0.2) is 4.79 Å². The number of hydrogen-bond acceptors (Lipinski definition) is 4. The van der Waals surface area contributed by atoms with E-state index in [1.54, 1.807) is 39.0 Å². The SMILES string of the molecule is Cc1[nH]c(C(=O)OCC(=O)NCc2ccc(Cl)cc2Cl)c(C)c1[C@H](C)O. The van der Waals surface area contributed by atoms with Crippen molar-refractivity contribution in [2.75, 3.05) is 6.61 Å². The number of esters is 1. The number of hydrogen-bond donors (Lipinski definition) is 3. The monoisotopic (exact) mass is 398 g/mol. The molecule has 8 heteroatoms. The molecule has 1 aromatic carbocycles. The summed E-state index contributed by atoms with van der Waals surface area (Å²) in [5.41, 5.74) is 2.88. The minimum absolute atomic E-state index is 0.194. The van der Waals surface area contributed by atoms with E-state index in [1.807, 2.05) is 0 Å². The van der Waals surface area contributed by atoms with E-state index in [-0.39, 0.29) is 12.2 Å². The predicted octanol–water partition coefficient (Wildman–Crippen LogP) is 3.46. The number of H-pyrrole nitrogens is 1. The fourth-order valence-corrected chi connectivity index (χ4v) is 3.18. The standard InChI is InChI=1S/C18H20Cl2N2O4/c1-9-16(11(3)23)10(2)22-17(9)18(25)26-8-15(24)21-7-12-4-5-13(19)6-14(12)20/h4-6,11,22-23H,7-8H2,1-3H3,(H,21,24)/t11-/m0/s1. The number of aliphatic hydroxyl groups is 1. The fraction of sp³-hybridized carbons (Fsp3) is 0.333. The Labute approximate surface area is 161 Å². The fourth-order valence-electron chi connectivity index (χ4n) is 2.71. The Kier molecular flexibility index (Phi) is 6.69. The lowest BCUT2D eigenvalue weighted by molar-refractivity contribution is -0.124. The van der Waals surface area contributed by atoms with E-state index in [0.29, 0.717) is 32.4 Å². The van der Waals surface area contributed by atoms with Gasteiger partial charge in [-0.05, 0) is 44.0 Å². The highest BCUT2D eigenvalue weighted by Gasteiger charge is 2.21. The van der Waals surface area contributed by atoms with E-state index in [9.17, 15) is 14.7 Å². The number of aryl methyl sites for hydroxylation is 1. The van der Waals surface area contributed by atoms with Gasteiger partial charge in [0, 0.05) is 27.8 Å². The van der Waals surface area contributed by atoms with Gasteiger partial charge in [0.25, 0.3) is 5.91 Å². The first kappa shape index (κ1) is 20.3. The Morgan fingerprint density at radius 1 is 1.31 bits per heavy atom. The third kappa shape index (κ3) is 4.78. The summed E-state index contributed by atoms with van der Waals surface area (Å²) in [6, 6.07) is 4.96. The van der Waals surface area contributed by atoms with Crippen molar-refractivity contribution >= 4 is 35.1 Å². The van der Waals surface area contributed by atoms with Gasteiger partial charge >= 0.3 is 5.97 Å². The summed E-state index contributed by atoms with van der Waals surface area (Å²) in [5.74, 6) is -1.11. The Bertz CT molecular complexity index is 831. The number of amides is 1. The molecule has 0 saturated carbocycles. The van der Waals surface area contributed by atoms with Crippen LogP contribution in [0.15, 0.2) is 18.2 Å². The molecule has 0 bridgehead atoms. The largest absolute Gasteiger partial charge is 0.451 e. The van der Waals surface area contributed by atoms with Crippen molar-refractivity contribution in [3.8, 4) is 0 Å². The summed E-state index contributed by atoms with van der Waals surface area (Å²) in [5, 5.41) is 13.3. The summed E-state index contributed by atoms with van der Waals surface area (Å²) < 4.78 is 5.04. The topological polar surface area (TPSA) is 91.4 Å². The number of halogens is 2. The molecule has 0 spiro atoms. The van der Waals surface area contributed by atoms with Crippen molar-refractivity contribution in [3.05, 3.63) is 56.3 Å². The molecule has 3 N–H and O–H groups in total. The summed E-state index contributed by atoms with van der Waals surface area (Å²) in [6.07, 6.45) is -0.708. The molecule has 2 aromatic rings. The van der Waals surface area contributed by atoms with Gasteiger partial charge in [0.1, 0.15) is 5.69 Å². The molecule has 0 aliphatic carbocycles. The second kappa shape index (κ2) is 8.58. The molecule has 1 amide bonds. The number of aromatic nitrogens is 1.